The molecule has 1 aliphatic rings. The molecular formula is C15H27BrN4. The van der Waals surface area contributed by atoms with Crippen molar-refractivity contribution in [3.8, 4) is 0 Å². The van der Waals surface area contributed by atoms with E-state index in [1.807, 2.05) is 0 Å². The summed E-state index contributed by atoms with van der Waals surface area (Å²) in [6.07, 6.45) is 0. The minimum Gasteiger partial charge on any atom is -0.311 e. The van der Waals surface area contributed by atoms with Gasteiger partial charge >= 0.3 is 0 Å². The number of nitrogens with one attached hydrogen (secondary N) is 1. The Hall–Kier alpha value is -0.390. The second-order valence-corrected chi connectivity index (χ2v) is 6.99. The molecule has 4 nitrogen and oxygen atoms in total. The third kappa shape index (κ3) is 3.26. The van der Waals surface area contributed by atoms with Gasteiger partial charge in [0.1, 0.15) is 0 Å². The summed E-state index contributed by atoms with van der Waals surface area (Å²) in [4.78, 5) is 2.58. The molecule has 1 aromatic rings. The van der Waals surface area contributed by atoms with Crippen molar-refractivity contribution < 1.29 is 0 Å². The molecule has 1 aliphatic heterocycles. The molecule has 1 fully saturated rings. The Morgan fingerprint density at radius 1 is 1.45 bits per heavy atom. The van der Waals surface area contributed by atoms with Crippen LogP contribution in [0.1, 0.15) is 39.1 Å². The molecule has 2 heterocycles. The quantitative estimate of drug-likeness (QED) is 0.913. The predicted molar refractivity (Wildman–Crippen MR) is 86.8 cm³/mol. The number of piperazine rings is 1. The van der Waals surface area contributed by atoms with Crippen LogP contribution in [0.3, 0.4) is 0 Å². The number of nitrogens with zero attached hydrogens (tertiary/aromatic N) is 3. The number of hydrogen-bond donors (Lipinski definition) is 1. The first kappa shape index (κ1) is 16.0. The topological polar surface area (TPSA) is 33.1 Å². The summed E-state index contributed by atoms with van der Waals surface area (Å²) in [7, 11) is 0. The molecule has 0 aromatic carbocycles. The first-order valence-electron chi connectivity index (χ1n) is 7.63. The molecule has 20 heavy (non-hydrogen) atoms. The molecule has 2 rings (SSSR count). The molecule has 1 saturated heterocycles. The van der Waals surface area contributed by atoms with Gasteiger partial charge in [-0.05, 0) is 42.6 Å². The van der Waals surface area contributed by atoms with Crippen molar-refractivity contribution in [2.24, 2.45) is 5.92 Å². The van der Waals surface area contributed by atoms with Crippen LogP contribution in [0, 0.1) is 12.8 Å². The van der Waals surface area contributed by atoms with E-state index in [0.29, 0.717) is 18.0 Å². The van der Waals surface area contributed by atoms with Crippen LogP contribution in [0.15, 0.2) is 4.47 Å². The molecule has 114 valence electrons. The molecule has 0 aliphatic carbocycles. The highest BCUT2D eigenvalue weighted by atomic mass is 79.9. The van der Waals surface area contributed by atoms with Crippen molar-refractivity contribution in [1.29, 1.82) is 0 Å². The lowest BCUT2D eigenvalue weighted by atomic mass is 9.99. The summed E-state index contributed by atoms with van der Waals surface area (Å²) in [5.41, 5.74) is 2.39. The third-order valence-corrected chi connectivity index (χ3v) is 5.37. The zero-order valence-electron chi connectivity index (χ0n) is 13.3. The van der Waals surface area contributed by atoms with Crippen molar-refractivity contribution in [2.45, 2.75) is 59.8 Å². The Morgan fingerprint density at radius 2 is 2.15 bits per heavy atom. The maximum absolute atomic E-state index is 4.60. The molecule has 1 aromatic heterocycles. The molecule has 2 atom stereocenters. The lowest BCUT2D eigenvalue weighted by Gasteiger charge is -2.40. The first-order chi connectivity index (χ1) is 9.43. The molecule has 2 unspecified atom stereocenters. The zero-order chi connectivity index (χ0) is 14.9. The lowest BCUT2D eigenvalue weighted by molar-refractivity contribution is 0.113. The van der Waals surface area contributed by atoms with E-state index < -0.39 is 0 Å². The van der Waals surface area contributed by atoms with E-state index >= 15 is 0 Å². The van der Waals surface area contributed by atoms with Crippen molar-refractivity contribution in [2.75, 3.05) is 13.1 Å². The first-order valence-corrected chi connectivity index (χ1v) is 8.42. The number of hydrogen-bond acceptors (Lipinski definition) is 3. The molecule has 0 bridgehead atoms. The predicted octanol–water partition coefficient (Wildman–Crippen LogP) is 2.79. The SMILES string of the molecule is CCn1nc(C)c(Br)c1CN1CC(C(C)C)NCC1C. The fourth-order valence-corrected chi connectivity index (χ4v) is 3.24. The van der Waals surface area contributed by atoms with E-state index in [9.17, 15) is 0 Å². The Labute approximate surface area is 131 Å². The number of aromatic nitrogens is 2. The van der Waals surface area contributed by atoms with E-state index in [-0.39, 0.29) is 0 Å². The van der Waals surface area contributed by atoms with Crippen LogP contribution in [0.5, 0.6) is 0 Å². The summed E-state index contributed by atoms with van der Waals surface area (Å²) in [6.45, 7) is 15.2. The molecule has 0 spiro atoms. The minimum atomic E-state index is 0.567. The average molecular weight is 343 g/mol. The average Bonchev–Trinajstić information content (AvgIpc) is 2.68. The van der Waals surface area contributed by atoms with Crippen molar-refractivity contribution in [3.05, 3.63) is 15.9 Å². The Morgan fingerprint density at radius 3 is 2.75 bits per heavy atom. The van der Waals surface area contributed by atoms with Crippen LogP contribution in [0.4, 0.5) is 0 Å². The van der Waals surface area contributed by atoms with Crippen LogP contribution in [-0.2, 0) is 13.1 Å². The van der Waals surface area contributed by atoms with Crippen LogP contribution in [-0.4, -0.2) is 39.9 Å². The molecular weight excluding hydrogens is 316 g/mol. The van der Waals surface area contributed by atoms with Gasteiger partial charge in [-0.3, -0.25) is 9.58 Å². The van der Waals surface area contributed by atoms with Gasteiger partial charge in [0.2, 0.25) is 0 Å². The maximum atomic E-state index is 4.60. The highest BCUT2D eigenvalue weighted by Crippen LogP contribution is 2.24. The monoisotopic (exact) mass is 342 g/mol. The maximum Gasteiger partial charge on any atom is 0.0739 e. The van der Waals surface area contributed by atoms with E-state index in [1.54, 1.807) is 0 Å². The highest BCUT2D eigenvalue weighted by Gasteiger charge is 2.28. The smallest absolute Gasteiger partial charge is 0.0739 e. The van der Waals surface area contributed by atoms with E-state index in [0.717, 1.165) is 31.9 Å². The summed E-state index contributed by atoms with van der Waals surface area (Å²) >= 11 is 3.71. The van der Waals surface area contributed by atoms with Gasteiger partial charge in [-0.1, -0.05) is 13.8 Å². The van der Waals surface area contributed by atoms with Crippen LogP contribution < -0.4 is 5.32 Å². The Bertz CT molecular complexity index is 455. The van der Waals surface area contributed by atoms with Gasteiger partial charge < -0.3 is 5.32 Å². The normalized spacial score (nSPS) is 24.6. The third-order valence-electron chi connectivity index (χ3n) is 4.34. The second-order valence-electron chi connectivity index (χ2n) is 6.20. The summed E-state index contributed by atoms with van der Waals surface area (Å²) in [6, 6.07) is 1.15. The van der Waals surface area contributed by atoms with Gasteiger partial charge in [0.25, 0.3) is 0 Å². The number of halogens is 1. The molecule has 0 saturated carbocycles. The van der Waals surface area contributed by atoms with E-state index in [1.165, 1.54) is 10.2 Å². The van der Waals surface area contributed by atoms with E-state index in [4.69, 9.17) is 0 Å². The molecule has 1 N–H and O–H groups in total. The highest BCUT2D eigenvalue weighted by molar-refractivity contribution is 9.10. The van der Waals surface area contributed by atoms with Gasteiger partial charge in [0, 0.05) is 38.3 Å². The van der Waals surface area contributed by atoms with Gasteiger partial charge in [0.15, 0.2) is 0 Å². The summed E-state index contributed by atoms with van der Waals surface area (Å²) in [5.74, 6) is 0.672. The molecule has 0 radical (unpaired) electrons. The van der Waals surface area contributed by atoms with Crippen molar-refractivity contribution in [1.82, 2.24) is 20.0 Å². The van der Waals surface area contributed by atoms with Crippen LogP contribution >= 0.6 is 15.9 Å². The fourth-order valence-electron chi connectivity index (χ4n) is 2.83. The largest absolute Gasteiger partial charge is 0.311 e. The number of rotatable bonds is 4. The van der Waals surface area contributed by atoms with Gasteiger partial charge in [-0.15, -0.1) is 0 Å². The van der Waals surface area contributed by atoms with Gasteiger partial charge in [-0.2, -0.15) is 5.10 Å². The van der Waals surface area contributed by atoms with Gasteiger partial charge in [0.05, 0.1) is 15.9 Å². The summed E-state index contributed by atoms with van der Waals surface area (Å²) in [5, 5.41) is 8.26. The minimum absolute atomic E-state index is 0.567. The lowest BCUT2D eigenvalue weighted by Crippen LogP contribution is -2.56. The second kappa shape index (κ2) is 6.58. The molecule has 5 heteroatoms. The zero-order valence-corrected chi connectivity index (χ0v) is 14.9. The molecule has 0 amide bonds. The Balaban J connectivity index is 2.15. The summed E-state index contributed by atoms with van der Waals surface area (Å²) < 4.78 is 3.30. The van der Waals surface area contributed by atoms with Crippen LogP contribution in [0.2, 0.25) is 0 Å². The van der Waals surface area contributed by atoms with E-state index in [2.05, 4.69) is 70.5 Å². The standard InChI is InChI=1S/C15H27BrN4/c1-6-20-14(15(16)12(5)18-20)9-19-8-13(10(2)3)17-7-11(19)4/h10-11,13,17H,6-9H2,1-5H3. The van der Waals surface area contributed by atoms with Gasteiger partial charge in [-0.25, -0.2) is 0 Å². The fraction of sp³-hybridized carbons (Fsp3) is 0.800. The van der Waals surface area contributed by atoms with Crippen molar-refractivity contribution >= 4 is 15.9 Å². The van der Waals surface area contributed by atoms with Crippen LogP contribution in [0.25, 0.3) is 0 Å². The van der Waals surface area contributed by atoms with Crippen molar-refractivity contribution in [3.63, 3.8) is 0 Å². The number of aryl methyl sites for hydroxylation is 2. The Kier molecular flexibility index (Phi) is 5.26.